The van der Waals surface area contributed by atoms with Gasteiger partial charge in [-0.05, 0) is 44.5 Å². The second kappa shape index (κ2) is 5.50. The van der Waals surface area contributed by atoms with Crippen molar-refractivity contribution in [2.24, 2.45) is 0 Å². The average molecular weight is 247 g/mol. The van der Waals surface area contributed by atoms with Crippen molar-refractivity contribution in [2.75, 3.05) is 25.0 Å². The number of carbonyl (C=O) groups excluding carboxylic acids is 1. The van der Waals surface area contributed by atoms with Crippen LogP contribution in [0.25, 0.3) is 0 Å². The molecule has 4 heteroatoms. The topological polar surface area (TPSA) is 53.2 Å². The zero-order chi connectivity index (χ0) is 13.0. The van der Waals surface area contributed by atoms with E-state index in [0.717, 1.165) is 30.8 Å². The minimum Gasteiger partial charge on any atom is -0.325 e. The number of anilines is 1. The summed E-state index contributed by atoms with van der Waals surface area (Å²) in [5, 5.41) is 9.52. The van der Waals surface area contributed by atoms with Crippen LogP contribution in [0.1, 0.15) is 18.9 Å². The zero-order valence-corrected chi connectivity index (χ0v) is 11.0. The van der Waals surface area contributed by atoms with Crippen molar-refractivity contribution in [1.82, 2.24) is 10.6 Å². The van der Waals surface area contributed by atoms with E-state index < -0.39 is 0 Å². The summed E-state index contributed by atoms with van der Waals surface area (Å²) in [6.45, 7) is 6.45. The van der Waals surface area contributed by atoms with E-state index in [9.17, 15) is 4.79 Å². The third-order valence-electron chi connectivity index (χ3n) is 3.35. The molecule has 1 heterocycles. The molecule has 2 rings (SSSR count). The Bertz CT molecular complexity index is 425. The highest BCUT2D eigenvalue weighted by Crippen LogP contribution is 2.13. The van der Waals surface area contributed by atoms with Crippen LogP contribution >= 0.6 is 0 Å². The number of amides is 1. The molecule has 1 aliphatic rings. The molecule has 1 aromatic rings. The molecule has 3 N–H and O–H groups in total. The summed E-state index contributed by atoms with van der Waals surface area (Å²) in [7, 11) is 0. The highest BCUT2D eigenvalue weighted by Gasteiger charge is 2.28. The molecule has 0 radical (unpaired) electrons. The van der Waals surface area contributed by atoms with Gasteiger partial charge in [-0.2, -0.15) is 0 Å². The molecule has 0 aliphatic carbocycles. The predicted octanol–water partition coefficient (Wildman–Crippen LogP) is 1.28. The van der Waals surface area contributed by atoms with Gasteiger partial charge in [0.2, 0.25) is 5.91 Å². The van der Waals surface area contributed by atoms with Gasteiger partial charge in [0.15, 0.2) is 0 Å². The standard InChI is InChI=1S/C14H21N3O/c1-11-4-3-5-12(8-11)17-13(18)9-16-14(2)6-7-15-10-14/h3-5,8,15-16H,6-7,9-10H2,1-2H3,(H,17,18). The molecule has 0 spiro atoms. The number of hydrogen-bond acceptors (Lipinski definition) is 3. The first-order valence-electron chi connectivity index (χ1n) is 6.40. The van der Waals surface area contributed by atoms with E-state index in [1.54, 1.807) is 0 Å². The number of benzene rings is 1. The second-order valence-corrected chi connectivity index (χ2v) is 5.26. The van der Waals surface area contributed by atoms with Gasteiger partial charge in [0.25, 0.3) is 0 Å². The van der Waals surface area contributed by atoms with Crippen molar-refractivity contribution < 1.29 is 4.79 Å². The molecule has 1 unspecified atom stereocenters. The van der Waals surface area contributed by atoms with Crippen molar-refractivity contribution in [3.05, 3.63) is 29.8 Å². The Morgan fingerprint density at radius 3 is 3.00 bits per heavy atom. The third kappa shape index (κ3) is 3.55. The highest BCUT2D eigenvalue weighted by molar-refractivity contribution is 5.92. The van der Waals surface area contributed by atoms with Crippen LogP contribution in [0, 0.1) is 6.92 Å². The maximum absolute atomic E-state index is 11.8. The van der Waals surface area contributed by atoms with Crippen molar-refractivity contribution >= 4 is 11.6 Å². The molecule has 1 atom stereocenters. The molecule has 18 heavy (non-hydrogen) atoms. The van der Waals surface area contributed by atoms with E-state index in [0.29, 0.717) is 6.54 Å². The molecule has 1 saturated heterocycles. The number of nitrogens with one attached hydrogen (secondary N) is 3. The van der Waals surface area contributed by atoms with Gasteiger partial charge < -0.3 is 16.0 Å². The van der Waals surface area contributed by atoms with Gasteiger partial charge in [0.05, 0.1) is 6.54 Å². The Hall–Kier alpha value is -1.39. The molecule has 1 fully saturated rings. The van der Waals surface area contributed by atoms with Gasteiger partial charge in [-0.1, -0.05) is 12.1 Å². The molecule has 98 valence electrons. The molecule has 0 saturated carbocycles. The van der Waals surface area contributed by atoms with E-state index in [1.807, 2.05) is 31.2 Å². The summed E-state index contributed by atoms with van der Waals surface area (Å²) in [6, 6.07) is 7.83. The highest BCUT2D eigenvalue weighted by atomic mass is 16.1. The first-order valence-corrected chi connectivity index (χ1v) is 6.40. The Labute approximate surface area is 108 Å². The molecule has 0 aromatic heterocycles. The first kappa shape index (κ1) is 13.1. The average Bonchev–Trinajstić information content (AvgIpc) is 2.74. The lowest BCUT2D eigenvalue weighted by atomic mass is 10.0. The van der Waals surface area contributed by atoms with Crippen LogP contribution in [0.4, 0.5) is 5.69 Å². The fraction of sp³-hybridized carbons (Fsp3) is 0.500. The molecular weight excluding hydrogens is 226 g/mol. The summed E-state index contributed by atoms with van der Waals surface area (Å²) in [6.07, 6.45) is 1.06. The smallest absolute Gasteiger partial charge is 0.238 e. The maximum Gasteiger partial charge on any atom is 0.238 e. The zero-order valence-electron chi connectivity index (χ0n) is 11.0. The quantitative estimate of drug-likeness (QED) is 0.751. The SMILES string of the molecule is Cc1cccc(NC(=O)CNC2(C)CCNC2)c1. The normalized spacial score (nSPS) is 23.0. The lowest BCUT2D eigenvalue weighted by molar-refractivity contribution is -0.115. The monoisotopic (exact) mass is 247 g/mol. The Morgan fingerprint density at radius 1 is 1.50 bits per heavy atom. The van der Waals surface area contributed by atoms with Crippen molar-refractivity contribution in [1.29, 1.82) is 0 Å². The number of rotatable bonds is 4. The van der Waals surface area contributed by atoms with E-state index in [2.05, 4.69) is 22.9 Å². The number of hydrogen-bond donors (Lipinski definition) is 3. The fourth-order valence-electron chi connectivity index (χ4n) is 2.19. The van der Waals surface area contributed by atoms with Crippen LogP contribution in [0.2, 0.25) is 0 Å². The van der Waals surface area contributed by atoms with Crippen molar-refractivity contribution in [3.63, 3.8) is 0 Å². The summed E-state index contributed by atoms with van der Waals surface area (Å²) >= 11 is 0. The van der Waals surface area contributed by atoms with E-state index in [4.69, 9.17) is 0 Å². The summed E-state index contributed by atoms with van der Waals surface area (Å²) < 4.78 is 0. The van der Waals surface area contributed by atoms with Gasteiger partial charge in [-0.15, -0.1) is 0 Å². The van der Waals surface area contributed by atoms with Crippen LogP contribution in [0.15, 0.2) is 24.3 Å². The number of carbonyl (C=O) groups is 1. The van der Waals surface area contributed by atoms with Crippen molar-refractivity contribution in [2.45, 2.75) is 25.8 Å². The summed E-state index contributed by atoms with van der Waals surface area (Å²) in [5.74, 6) is 0.00808. The fourth-order valence-corrected chi connectivity index (χ4v) is 2.19. The molecule has 4 nitrogen and oxygen atoms in total. The second-order valence-electron chi connectivity index (χ2n) is 5.26. The summed E-state index contributed by atoms with van der Waals surface area (Å²) in [5.41, 5.74) is 2.05. The largest absolute Gasteiger partial charge is 0.325 e. The van der Waals surface area contributed by atoms with E-state index >= 15 is 0 Å². The van der Waals surface area contributed by atoms with Crippen LogP contribution < -0.4 is 16.0 Å². The minimum atomic E-state index is 0.00808. The lowest BCUT2D eigenvalue weighted by Gasteiger charge is -2.24. The van der Waals surface area contributed by atoms with Crippen LogP contribution in [-0.2, 0) is 4.79 Å². The summed E-state index contributed by atoms with van der Waals surface area (Å²) in [4.78, 5) is 11.8. The van der Waals surface area contributed by atoms with Gasteiger partial charge in [-0.3, -0.25) is 4.79 Å². The Balaban J connectivity index is 1.82. The van der Waals surface area contributed by atoms with Gasteiger partial charge in [0, 0.05) is 17.8 Å². The molecule has 1 aromatic carbocycles. The lowest BCUT2D eigenvalue weighted by Crippen LogP contribution is -2.47. The van der Waals surface area contributed by atoms with Gasteiger partial charge in [-0.25, -0.2) is 0 Å². The third-order valence-corrected chi connectivity index (χ3v) is 3.35. The van der Waals surface area contributed by atoms with Crippen molar-refractivity contribution in [3.8, 4) is 0 Å². The van der Waals surface area contributed by atoms with Gasteiger partial charge in [0.1, 0.15) is 0 Å². The molecule has 1 aliphatic heterocycles. The maximum atomic E-state index is 11.8. The van der Waals surface area contributed by atoms with E-state index in [1.165, 1.54) is 0 Å². The minimum absolute atomic E-state index is 0.00808. The van der Waals surface area contributed by atoms with E-state index in [-0.39, 0.29) is 11.4 Å². The number of aryl methyl sites for hydroxylation is 1. The molecular formula is C14H21N3O. The Kier molecular flexibility index (Phi) is 3.99. The van der Waals surface area contributed by atoms with Crippen LogP contribution in [-0.4, -0.2) is 31.1 Å². The Morgan fingerprint density at radius 2 is 2.33 bits per heavy atom. The van der Waals surface area contributed by atoms with Crippen LogP contribution in [0.5, 0.6) is 0 Å². The predicted molar refractivity (Wildman–Crippen MR) is 73.7 cm³/mol. The molecule has 0 bridgehead atoms. The van der Waals surface area contributed by atoms with Gasteiger partial charge >= 0.3 is 0 Å². The molecule has 1 amide bonds. The first-order chi connectivity index (χ1) is 8.57. The van der Waals surface area contributed by atoms with Crippen LogP contribution in [0.3, 0.4) is 0 Å².